The van der Waals surface area contributed by atoms with Crippen molar-refractivity contribution in [3.63, 3.8) is 0 Å². The summed E-state index contributed by atoms with van der Waals surface area (Å²) in [5, 5.41) is 15.0. The predicted molar refractivity (Wildman–Crippen MR) is 86.9 cm³/mol. The first-order valence-electron chi connectivity index (χ1n) is 6.83. The fourth-order valence-electron chi connectivity index (χ4n) is 1.74. The van der Waals surface area contributed by atoms with Crippen LogP contribution in [-0.2, 0) is 6.54 Å². The van der Waals surface area contributed by atoms with Crippen molar-refractivity contribution in [2.75, 3.05) is 25.6 Å². The van der Waals surface area contributed by atoms with E-state index in [0.717, 1.165) is 25.1 Å². The van der Waals surface area contributed by atoms with Gasteiger partial charge in [0.1, 0.15) is 5.82 Å². The van der Waals surface area contributed by atoms with E-state index in [1.165, 1.54) is 6.07 Å². The van der Waals surface area contributed by atoms with Gasteiger partial charge >= 0.3 is 0 Å². The third kappa shape index (κ3) is 6.50. The van der Waals surface area contributed by atoms with Gasteiger partial charge in [-0.3, -0.25) is 4.99 Å². The van der Waals surface area contributed by atoms with Gasteiger partial charge in [-0.2, -0.15) is 17.0 Å². The Labute approximate surface area is 129 Å². The van der Waals surface area contributed by atoms with Gasteiger partial charge in [-0.15, -0.1) is 0 Å². The molecule has 0 amide bonds. The van der Waals surface area contributed by atoms with Crippen molar-refractivity contribution in [2.45, 2.75) is 19.4 Å². The molecule has 0 aliphatic heterocycles. The lowest BCUT2D eigenvalue weighted by molar-refractivity contribution is 0.604. The maximum Gasteiger partial charge on any atom is 0.191 e. The molecule has 6 heteroatoms. The molecule has 0 aromatic heterocycles. The molecule has 2 N–H and O–H groups in total. The molecule has 0 spiro atoms. The standard InChI is InChI=1S/C15H21FN4S/c1-18-15(19-7-3-4-8-21-2)20-11-13-6-5-12(10-17)9-14(13)16/h5-6,9H,3-4,7-8,11H2,1-2H3,(H2,18,19,20). The Morgan fingerprint density at radius 1 is 1.38 bits per heavy atom. The number of hydrogen-bond acceptors (Lipinski definition) is 3. The van der Waals surface area contributed by atoms with Crippen LogP contribution in [0.25, 0.3) is 0 Å². The van der Waals surface area contributed by atoms with E-state index >= 15 is 0 Å². The monoisotopic (exact) mass is 308 g/mol. The molecular weight excluding hydrogens is 287 g/mol. The molecule has 1 aromatic carbocycles. The number of aliphatic imine (C=N–C) groups is 1. The molecule has 0 atom stereocenters. The molecule has 0 aliphatic carbocycles. The third-order valence-corrected chi connectivity index (χ3v) is 3.62. The molecule has 1 aromatic rings. The van der Waals surface area contributed by atoms with Crippen molar-refractivity contribution in [3.8, 4) is 6.07 Å². The lowest BCUT2D eigenvalue weighted by Crippen LogP contribution is -2.37. The smallest absolute Gasteiger partial charge is 0.191 e. The van der Waals surface area contributed by atoms with E-state index in [0.29, 0.717) is 23.6 Å². The summed E-state index contributed by atoms with van der Waals surface area (Å²) >= 11 is 1.84. The van der Waals surface area contributed by atoms with Gasteiger partial charge in [-0.25, -0.2) is 4.39 Å². The molecule has 0 fully saturated rings. The van der Waals surface area contributed by atoms with Crippen molar-refractivity contribution < 1.29 is 4.39 Å². The highest BCUT2D eigenvalue weighted by atomic mass is 32.2. The summed E-state index contributed by atoms with van der Waals surface area (Å²) in [5.41, 5.74) is 0.840. The number of unbranched alkanes of at least 4 members (excludes halogenated alkanes) is 1. The fraction of sp³-hybridized carbons (Fsp3) is 0.467. The summed E-state index contributed by atoms with van der Waals surface area (Å²) < 4.78 is 13.7. The highest BCUT2D eigenvalue weighted by Crippen LogP contribution is 2.09. The molecule has 0 bridgehead atoms. The molecule has 4 nitrogen and oxygen atoms in total. The van der Waals surface area contributed by atoms with Gasteiger partial charge in [0, 0.05) is 25.7 Å². The number of hydrogen-bond donors (Lipinski definition) is 2. The van der Waals surface area contributed by atoms with Crippen molar-refractivity contribution in [3.05, 3.63) is 35.1 Å². The molecule has 1 rings (SSSR count). The van der Waals surface area contributed by atoms with Crippen LogP contribution in [0.3, 0.4) is 0 Å². The molecule has 114 valence electrons. The summed E-state index contributed by atoms with van der Waals surface area (Å²) in [4.78, 5) is 4.10. The maximum absolute atomic E-state index is 13.7. The lowest BCUT2D eigenvalue weighted by atomic mass is 10.1. The Balaban J connectivity index is 2.40. The number of nitrogens with zero attached hydrogens (tertiary/aromatic N) is 2. The molecule has 0 saturated carbocycles. The van der Waals surface area contributed by atoms with Gasteiger partial charge in [0.05, 0.1) is 11.6 Å². The van der Waals surface area contributed by atoms with E-state index in [4.69, 9.17) is 5.26 Å². The van der Waals surface area contributed by atoms with Gasteiger partial charge in [0.2, 0.25) is 0 Å². The zero-order valence-corrected chi connectivity index (χ0v) is 13.3. The van der Waals surface area contributed by atoms with E-state index in [2.05, 4.69) is 21.9 Å². The van der Waals surface area contributed by atoms with Crippen LogP contribution < -0.4 is 10.6 Å². The maximum atomic E-state index is 13.7. The molecule has 21 heavy (non-hydrogen) atoms. The van der Waals surface area contributed by atoms with Gasteiger partial charge in [0.25, 0.3) is 0 Å². The number of nitrogens with one attached hydrogen (secondary N) is 2. The average molecular weight is 308 g/mol. The Kier molecular flexibility index (Phi) is 8.29. The second-order valence-electron chi connectivity index (χ2n) is 4.47. The van der Waals surface area contributed by atoms with Gasteiger partial charge in [0.15, 0.2) is 5.96 Å². The second-order valence-corrected chi connectivity index (χ2v) is 5.46. The molecule has 0 heterocycles. The summed E-state index contributed by atoms with van der Waals surface area (Å²) in [6, 6.07) is 6.39. The molecular formula is C15H21FN4S. The first kappa shape index (κ1) is 17.3. The SMILES string of the molecule is CN=C(NCCCCSC)NCc1ccc(C#N)cc1F. The predicted octanol–water partition coefficient (Wildman–Crippen LogP) is 2.51. The third-order valence-electron chi connectivity index (χ3n) is 2.92. The first-order chi connectivity index (χ1) is 10.2. The van der Waals surface area contributed by atoms with E-state index in [1.54, 1.807) is 19.2 Å². The van der Waals surface area contributed by atoms with Crippen molar-refractivity contribution in [1.82, 2.24) is 10.6 Å². The quantitative estimate of drug-likeness (QED) is 0.461. The van der Waals surface area contributed by atoms with Crippen molar-refractivity contribution in [2.24, 2.45) is 4.99 Å². The molecule has 0 aliphatic rings. The fourth-order valence-corrected chi connectivity index (χ4v) is 2.23. The molecule has 0 radical (unpaired) electrons. The van der Waals surface area contributed by atoms with Crippen molar-refractivity contribution in [1.29, 1.82) is 5.26 Å². The number of rotatable bonds is 7. The van der Waals surface area contributed by atoms with Crippen LogP contribution in [0.2, 0.25) is 0 Å². The number of benzene rings is 1. The van der Waals surface area contributed by atoms with Crippen LogP contribution in [0.5, 0.6) is 0 Å². The average Bonchev–Trinajstić information content (AvgIpc) is 2.51. The van der Waals surface area contributed by atoms with E-state index < -0.39 is 0 Å². The topological polar surface area (TPSA) is 60.2 Å². The minimum Gasteiger partial charge on any atom is -0.356 e. The van der Waals surface area contributed by atoms with Crippen LogP contribution in [0.4, 0.5) is 4.39 Å². The number of guanidine groups is 1. The summed E-state index contributed by atoms with van der Waals surface area (Å²) in [6.07, 6.45) is 4.34. The summed E-state index contributed by atoms with van der Waals surface area (Å²) in [6.45, 7) is 1.18. The van der Waals surface area contributed by atoms with Crippen LogP contribution >= 0.6 is 11.8 Å². The second kappa shape index (κ2) is 10.1. The van der Waals surface area contributed by atoms with Crippen LogP contribution in [0.1, 0.15) is 24.0 Å². The van der Waals surface area contributed by atoms with Crippen LogP contribution in [0.15, 0.2) is 23.2 Å². The Bertz CT molecular complexity index is 511. The van der Waals surface area contributed by atoms with Crippen LogP contribution in [-0.4, -0.2) is 31.6 Å². The number of halogens is 1. The van der Waals surface area contributed by atoms with Crippen molar-refractivity contribution >= 4 is 17.7 Å². The normalized spacial score (nSPS) is 11.0. The highest BCUT2D eigenvalue weighted by molar-refractivity contribution is 7.98. The first-order valence-corrected chi connectivity index (χ1v) is 8.22. The number of thioether (sulfide) groups is 1. The minimum atomic E-state index is -0.378. The number of nitriles is 1. The highest BCUT2D eigenvalue weighted by Gasteiger charge is 2.04. The minimum absolute atomic E-state index is 0.326. The largest absolute Gasteiger partial charge is 0.356 e. The zero-order valence-electron chi connectivity index (χ0n) is 12.4. The zero-order chi connectivity index (χ0) is 15.5. The Hall–Kier alpha value is -1.74. The van der Waals surface area contributed by atoms with Gasteiger partial charge < -0.3 is 10.6 Å². The van der Waals surface area contributed by atoms with E-state index in [1.807, 2.05) is 17.8 Å². The summed E-state index contributed by atoms with van der Waals surface area (Å²) in [7, 11) is 1.69. The van der Waals surface area contributed by atoms with Crippen LogP contribution in [0, 0.1) is 17.1 Å². The van der Waals surface area contributed by atoms with E-state index in [-0.39, 0.29) is 5.82 Å². The van der Waals surface area contributed by atoms with Gasteiger partial charge in [-0.1, -0.05) is 6.07 Å². The molecule has 0 unspecified atom stereocenters. The van der Waals surface area contributed by atoms with Gasteiger partial charge in [-0.05, 0) is 37.0 Å². The lowest BCUT2D eigenvalue weighted by Gasteiger charge is -2.12. The Morgan fingerprint density at radius 3 is 2.81 bits per heavy atom. The molecule has 0 saturated heterocycles. The summed E-state index contributed by atoms with van der Waals surface area (Å²) in [5.74, 6) is 1.43. The van der Waals surface area contributed by atoms with E-state index in [9.17, 15) is 4.39 Å². The Morgan fingerprint density at radius 2 is 2.19 bits per heavy atom.